The minimum atomic E-state index is -1.23. The Hall–Kier alpha value is -2.41. The topological polar surface area (TPSA) is 102 Å². The molecule has 1 aliphatic rings. The fraction of sp³-hybridized carbons (Fsp3) is 0.167. The number of halogens is 1. The molecule has 1 aliphatic heterocycles. The van der Waals surface area contributed by atoms with Crippen molar-refractivity contribution in [2.24, 2.45) is 0 Å². The average molecular weight is 298 g/mol. The monoisotopic (exact) mass is 297 g/mol. The molecule has 0 fully saturated rings. The maximum Gasteiger partial charge on any atom is 0.358 e. The molecule has 7 nitrogen and oxygen atoms in total. The third kappa shape index (κ3) is 1.92. The lowest BCUT2D eigenvalue weighted by Gasteiger charge is -2.20. The first-order chi connectivity index (χ1) is 9.58. The maximum absolute atomic E-state index is 10.8. The SMILES string of the molecule is O=C(O)c1cc(-c2cc3c(c(Cl)c2O)OCCO3)on1. The van der Waals surface area contributed by atoms with Crippen molar-refractivity contribution in [1.82, 2.24) is 5.16 Å². The molecule has 0 amide bonds. The summed E-state index contributed by atoms with van der Waals surface area (Å²) in [6.07, 6.45) is 0. The summed E-state index contributed by atoms with van der Waals surface area (Å²) in [7, 11) is 0. The number of hydrogen-bond acceptors (Lipinski definition) is 6. The second-order valence-electron chi connectivity index (χ2n) is 3.99. The highest BCUT2D eigenvalue weighted by molar-refractivity contribution is 6.34. The van der Waals surface area contributed by atoms with Gasteiger partial charge in [-0.25, -0.2) is 4.79 Å². The van der Waals surface area contributed by atoms with Crippen LogP contribution in [0, 0.1) is 0 Å². The fourth-order valence-electron chi connectivity index (χ4n) is 1.83. The lowest BCUT2D eigenvalue weighted by atomic mass is 10.1. The molecule has 0 radical (unpaired) electrons. The van der Waals surface area contributed by atoms with Gasteiger partial charge >= 0.3 is 5.97 Å². The summed E-state index contributed by atoms with van der Waals surface area (Å²) in [5.41, 5.74) is -0.0929. The first kappa shape index (κ1) is 12.6. The number of hydrogen-bond donors (Lipinski definition) is 2. The first-order valence-electron chi connectivity index (χ1n) is 5.59. The molecule has 2 aromatic rings. The van der Waals surface area contributed by atoms with Crippen LogP contribution in [0.5, 0.6) is 17.2 Å². The van der Waals surface area contributed by atoms with Gasteiger partial charge in [0.05, 0.1) is 5.56 Å². The van der Waals surface area contributed by atoms with Gasteiger partial charge in [0.15, 0.2) is 23.0 Å². The molecule has 8 heteroatoms. The Bertz CT molecular complexity index is 695. The number of aromatic nitrogens is 1. The third-order valence-electron chi connectivity index (χ3n) is 2.74. The Labute approximate surface area is 117 Å². The van der Waals surface area contributed by atoms with Crippen LogP contribution in [-0.4, -0.2) is 34.6 Å². The molecule has 2 N–H and O–H groups in total. The Balaban J connectivity index is 2.13. The number of nitrogens with zero attached hydrogens (tertiary/aromatic N) is 1. The van der Waals surface area contributed by atoms with E-state index >= 15 is 0 Å². The Morgan fingerprint density at radius 2 is 2.05 bits per heavy atom. The van der Waals surface area contributed by atoms with Gasteiger partial charge in [0.2, 0.25) is 0 Å². The van der Waals surface area contributed by atoms with Gasteiger partial charge in [-0.2, -0.15) is 0 Å². The van der Waals surface area contributed by atoms with E-state index in [1.54, 1.807) is 0 Å². The Kier molecular flexibility index (Phi) is 2.90. The smallest absolute Gasteiger partial charge is 0.358 e. The zero-order valence-electron chi connectivity index (χ0n) is 9.92. The van der Waals surface area contributed by atoms with Gasteiger partial charge in [-0.15, -0.1) is 0 Å². The number of phenolic OH excluding ortho intramolecular Hbond substituents is 1. The number of aromatic hydroxyl groups is 1. The highest BCUT2D eigenvalue weighted by atomic mass is 35.5. The molecule has 2 heterocycles. The van der Waals surface area contributed by atoms with Gasteiger partial charge in [0, 0.05) is 6.07 Å². The van der Waals surface area contributed by atoms with Crippen molar-refractivity contribution in [2.75, 3.05) is 13.2 Å². The number of fused-ring (bicyclic) bond motifs is 1. The first-order valence-corrected chi connectivity index (χ1v) is 5.97. The predicted molar refractivity (Wildman–Crippen MR) is 66.6 cm³/mol. The summed E-state index contributed by atoms with van der Waals surface area (Å²) < 4.78 is 15.6. The van der Waals surface area contributed by atoms with Crippen molar-refractivity contribution in [3.05, 3.63) is 22.8 Å². The van der Waals surface area contributed by atoms with Crippen molar-refractivity contribution in [3.8, 4) is 28.6 Å². The highest BCUT2D eigenvalue weighted by Crippen LogP contribution is 2.48. The van der Waals surface area contributed by atoms with Crippen molar-refractivity contribution in [1.29, 1.82) is 0 Å². The molecule has 0 unspecified atom stereocenters. The molecule has 0 saturated heterocycles. The third-order valence-corrected chi connectivity index (χ3v) is 3.09. The van der Waals surface area contributed by atoms with E-state index < -0.39 is 5.97 Å². The summed E-state index contributed by atoms with van der Waals surface area (Å²) in [6, 6.07) is 2.64. The molecule has 0 bridgehead atoms. The minimum absolute atomic E-state index is 0.0227. The van der Waals surface area contributed by atoms with Crippen LogP contribution >= 0.6 is 11.6 Å². The zero-order valence-corrected chi connectivity index (χ0v) is 10.7. The summed E-state index contributed by atoms with van der Waals surface area (Å²) in [4.78, 5) is 10.8. The van der Waals surface area contributed by atoms with Crippen LogP contribution in [0.2, 0.25) is 5.02 Å². The average Bonchev–Trinajstić information content (AvgIpc) is 2.92. The van der Waals surface area contributed by atoms with Crippen LogP contribution in [0.1, 0.15) is 10.5 Å². The number of carbonyl (C=O) groups is 1. The van der Waals surface area contributed by atoms with E-state index in [-0.39, 0.29) is 33.5 Å². The van der Waals surface area contributed by atoms with Crippen LogP contribution in [0.15, 0.2) is 16.7 Å². The molecular weight excluding hydrogens is 290 g/mol. The van der Waals surface area contributed by atoms with Gasteiger partial charge in [-0.05, 0) is 6.07 Å². The van der Waals surface area contributed by atoms with Crippen molar-refractivity contribution >= 4 is 17.6 Å². The van der Waals surface area contributed by atoms with Gasteiger partial charge in [-0.3, -0.25) is 0 Å². The Morgan fingerprint density at radius 3 is 2.75 bits per heavy atom. The van der Waals surface area contributed by atoms with Crippen molar-refractivity contribution in [2.45, 2.75) is 0 Å². The number of rotatable bonds is 2. The van der Waals surface area contributed by atoms with Crippen LogP contribution in [0.25, 0.3) is 11.3 Å². The molecule has 104 valence electrons. The second-order valence-corrected chi connectivity index (χ2v) is 4.37. The van der Waals surface area contributed by atoms with Crippen LogP contribution in [0.4, 0.5) is 0 Å². The van der Waals surface area contributed by atoms with Gasteiger partial charge in [0.1, 0.15) is 24.0 Å². The standard InChI is InChI=1S/C12H8ClNO6/c13-9-10(15)5(3-8-11(9)19-2-1-18-8)7-4-6(12(16)17)14-20-7/h3-4,15H,1-2H2,(H,16,17). The molecule has 0 aliphatic carbocycles. The number of aromatic carboxylic acids is 1. The summed E-state index contributed by atoms with van der Waals surface area (Å²) in [5.74, 6) is -0.856. The van der Waals surface area contributed by atoms with E-state index in [1.165, 1.54) is 12.1 Å². The van der Waals surface area contributed by atoms with Gasteiger partial charge in [-0.1, -0.05) is 16.8 Å². The molecule has 1 aromatic carbocycles. The molecule has 0 atom stereocenters. The number of carboxylic acid groups (broad SMARTS) is 1. The van der Waals surface area contributed by atoms with E-state index in [9.17, 15) is 9.90 Å². The molecule has 20 heavy (non-hydrogen) atoms. The second kappa shape index (κ2) is 4.61. The minimum Gasteiger partial charge on any atom is -0.505 e. The molecular formula is C12H8ClNO6. The molecule has 1 aromatic heterocycles. The maximum atomic E-state index is 10.8. The van der Waals surface area contributed by atoms with E-state index in [4.69, 9.17) is 30.7 Å². The molecule has 0 saturated carbocycles. The van der Waals surface area contributed by atoms with E-state index in [0.29, 0.717) is 19.0 Å². The van der Waals surface area contributed by atoms with E-state index in [2.05, 4.69) is 5.16 Å². The van der Waals surface area contributed by atoms with E-state index in [0.717, 1.165) is 0 Å². The van der Waals surface area contributed by atoms with Crippen molar-refractivity contribution in [3.63, 3.8) is 0 Å². The summed E-state index contributed by atoms with van der Waals surface area (Å²) in [6.45, 7) is 0.682. The van der Waals surface area contributed by atoms with Crippen LogP contribution < -0.4 is 9.47 Å². The van der Waals surface area contributed by atoms with Crippen LogP contribution in [-0.2, 0) is 0 Å². The lowest BCUT2D eigenvalue weighted by Crippen LogP contribution is -2.15. The van der Waals surface area contributed by atoms with Gasteiger partial charge in [0.25, 0.3) is 0 Å². The summed E-state index contributed by atoms with van der Waals surface area (Å²) in [5, 5.41) is 22.2. The van der Waals surface area contributed by atoms with E-state index in [1.807, 2.05) is 0 Å². The van der Waals surface area contributed by atoms with Crippen molar-refractivity contribution < 1.29 is 29.0 Å². The quantitative estimate of drug-likeness (QED) is 0.875. The normalized spacial score (nSPS) is 13.2. The van der Waals surface area contributed by atoms with Gasteiger partial charge < -0.3 is 24.2 Å². The molecule has 3 rings (SSSR count). The van der Waals surface area contributed by atoms with Crippen LogP contribution in [0.3, 0.4) is 0 Å². The number of benzene rings is 1. The Morgan fingerprint density at radius 1 is 1.30 bits per heavy atom. The molecule has 0 spiro atoms. The fourth-order valence-corrected chi connectivity index (χ4v) is 2.08. The predicted octanol–water partition coefficient (Wildman–Crippen LogP) is 2.17. The largest absolute Gasteiger partial charge is 0.505 e. The number of phenols is 1. The number of ether oxygens (including phenoxy) is 2. The summed E-state index contributed by atoms with van der Waals surface area (Å²) >= 11 is 6.00. The zero-order chi connectivity index (χ0) is 14.3. The number of carboxylic acids is 1. The highest BCUT2D eigenvalue weighted by Gasteiger charge is 2.24. The lowest BCUT2D eigenvalue weighted by molar-refractivity contribution is 0.0686.